The van der Waals surface area contributed by atoms with Gasteiger partial charge in [-0.05, 0) is 30.6 Å². The first kappa shape index (κ1) is 19.6. The zero-order valence-electron chi connectivity index (χ0n) is 15.9. The molecule has 0 bridgehead atoms. The highest BCUT2D eigenvalue weighted by Gasteiger charge is 2.26. The molecule has 27 heavy (non-hydrogen) atoms. The molecule has 0 unspecified atom stereocenters. The second-order valence-corrected chi connectivity index (χ2v) is 7.90. The van der Waals surface area contributed by atoms with Crippen LogP contribution in [0.25, 0.3) is 0 Å². The summed E-state index contributed by atoms with van der Waals surface area (Å²) in [6, 6.07) is 7.99. The van der Waals surface area contributed by atoms with E-state index in [9.17, 15) is 9.59 Å². The number of carbonyl (C=O) groups excluding carboxylic acids is 2. The molecule has 146 valence electrons. The van der Waals surface area contributed by atoms with E-state index in [0.717, 1.165) is 36.8 Å². The summed E-state index contributed by atoms with van der Waals surface area (Å²) in [6.45, 7) is 4.66. The third kappa shape index (κ3) is 5.18. The SMILES string of the molecule is CN1CCN([C@H](CNC(=O)C(=O)NCc2cccs2)c2cccn2C)CC1. The summed E-state index contributed by atoms with van der Waals surface area (Å²) in [6.07, 6.45) is 2.01. The minimum atomic E-state index is -0.590. The Labute approximate surface area is 163 Å². The Morgan fingerprint density at radius 1 is 1.07 bits per heavy atom. The summed E-state index contributed by atoms with van der Waals surface area (Å²) in [7, 11) is 4.13. The number of piperazine rings is 1. The van der Waals surface area contributed by atoms with Gasteiger partial charge in [0.05, 0.1) is 12.6 Å². The second kappa shape index (κ2) is 9.16. The van der Waals surface area contributed by atoms with Crippen LogP contribution >= 0.6 is 11.3 Å². The fourth-order valence-electron chi connectivity index (χ4n) is 3.31. The van der Waals surface area contributed by atoms with Crippen molar-refractivity contribution in [2.75, 3.05) is 39.8 Å². The van der Waals surface area contributed by atoms with E-state index < -0.39 is 11.8 Å². The first-order valence-electron chi connectivity index (χ1n) is 9.17. The van der Waals surface area contributed by atoms with Crippen LogP contribution in [0.3, 0.4) is 0 Å². The Balaban J connectivity index is 1.57. The number of carbonyl (C=O) groups is 2. The Kier molecular flexibility index (Phi) is 6.65. The fourth-order valence-corrected chi connectivity index (χ4v) is 3.95. The van der Waals surface area contributed by atoms with Crippen LogP contribution < -0.4 is 10.6 Å². The van der Waals surface area contributed by atoms with E-state index >= 15 is 0 Å². The van der Waals surface area contributed by atoms with E-state index in [0.29, 0.717) is 13.1 Å². The quantitative estimate of drug-likeness (QED) is 0.718. The van der Waals surface area contributed by atoms with Crippen molar-refractivity contribution in [3.8, 4) is 0 Å². The van der Waals surface area contributed by atoms with E-state index in [4.69, 9.17) is 0 Å². The molecular weight excluding hydrogens is 362 g/mol. The highest BCUT2D eigenvalue weighted by Crippen LogP contribution is 2.21. The molecule has 1 saturated heterocycles. The van der Waals surface area contributed by atoms with Crippen LogP contribution in [0.15, 0.2) is 35.8 Å². The molecule has 0 spiro atoms. The highest BCUT2D eigenvalue weighted by atomic mass is 32.1. The predicted octanol–water partition coefficient (Wildman–Crippen LogP) is 0.808. The normalized spacial score (nSPS) is 16.8. The van der Waals surface area contributed by atoms with E-state index in [1.54, 1.807) is 11.3 Å². The van der Waals surface area contributed by atoms with Gasteiger partial charge in [-0.1, -0.05) is 6.07 Å². The van der Waals surface area contributed by atoms with Crippen molar-refractivity contribution in [3.05, 3.63) is 46.4 Å². The van der Waals surface area contributed by atoms with Crippen LogP contribution in [-0.2, 0) is 23.2 Å². The van der Waals surface area contributed by atoms with Crippen LogP contribution in [0, 0.1) is 0 Å². The highest BCUT2D eigenvalue weighted by molar-refractivity contribution is 7.09. The lowest BCUT2D eigenvalue weighted by Crippen LogP contribution is -2.50. The average molecular weight is 390 g/mol. The fraction of sp³-hybridized carbons (Fsp3) is 0.474. The van der Waals surface area contributed by atoms with Crippen molar-refractivity contribution in [3.63, 3.8) is 0 Å². The summed E-state index contributed by atoms with van der Waals surface area (Å²) in [5, 5.41) is 7.44. The maximum absolute atomic E-state index is 12.2. The minimum absolute atomic E-state index is 0.0488. The number of thiophene rings is 1. The number of amides is 2. The molecule has 3 heterocycles. The van der Waals surface area contributed by atoms with Crippen LogP contribution in [0.1, 0.15) is 16.6 Å². The van der Waals surface area contributed by atoms with Crippen molar-refractivity contribution >= 4 is 23.2 Å². The van der Waals surface area contributed by atoms with Gasteiger partial charge >= 0.3 is 11.8 Å². The lowest BCUT2D eigenvalue weighted by Gasteiger charge is -2.38. The number of aromatic nitrogens is 1. The van der Waals surface area contributed by atoms with Gasteiger partial charge < -0.3 is 20.1 Å². The van der Waals surface area contributed by atoms with Crippen molar-refractivity contribution in [2.45, 2.75) is 12.6 Å². The van der Waals surface area contributed by atoms with E-state index in [-0.39, 0.29) is 6.04 Å². The molecule has 2 amide bonds. The third-order valence-corrected chi connectivity index (χ3v) is 5.85. The Hall–Kier alpha value is -2.16. The van der Waals surface area contributed by atoms with Gasteiger partial charge in [0.2, 0.25) is 0 Å². The second-order valence-electron chi connectivity index (χ2n) is 6.87. The molecule has 1 fully saturated rings. The molecule has 1 aliphatic heterocycles. The topological polar surface area (TPSA) is 69.6 Å². The molecule has 0 aromatic carbocycles. The van der Waals surface area contributed by atoms with Crippen molar-refractivity contribution in [2.24, 2.45) is 7.05 Å². The number of hydrogen-bond donors (Lipinski definition) is 2. The molecule has 7 nitrogen and oxygen atoms in total. The first-order valence-corrected chi connectivity index (χ1v) is 10.0. The van der Waals surface area contributed by atoms with Gasteiger partial charge in [0, 0.05) is 56.5 Å². The predicted molar refractivity (Wildman–Crippen MR) is 106 cm³/mol. The molecule has 3 rings (SSSR count). The monoisotopic (exact) mass is 389 g/mol. The Morgan fingerprint density at radius 2 is 1.81 bits per heavy atom. The summed E-state index contributed by atoms with van der Waals surface area (Å²) in [5.41, 5.74) is 1.14. The standard InChI is InChI=1S/C19H27N5O2S/c1-22-8-10-24(11-9-22)17(16-6-3-7-23(16)2)14-21-19(26)18(25)20-13-15-5-4-12-27-15/h3-7,12,17H,8-11,13-14H2,1-2H3,(H,20,25)(H,21,26)/t17-/m1/s1. The van der Waals surface area contributed by atoms with E-state index in [1.165, 1.54) is 0 Å². The Bertz CT molecular complexity index is 750. The molecule has 2 aromatic heterocycles. The van der Waals surface area contributed by atoms with Gasteiger partial charge in [0.25, 0.3) is 0 Å². The largest absolute Gasteiger partial charge is 0.353 e. The van der Waals surface area contributed by atoms with E-state index in [2.05, 4.69) is 38.1 Å². The first-order chi connectivity index (χ1) is 13.0. The number of aryl methyl sites for hydroxylation is 1. The van der Waals surface area contributed by atoms with Gasteiger partial charge in [-0.25, -0.2) is 0 Å². The molecule has 0 radical (unpaired) electrons. The molecule has 1 aliphatic rings. The van der Waals surface area contributed by atoms with Crippen LogP contribution in [-0.4, -0.2) is 66.0 Å². The summed E-state index contributed by atoms with van der Waals surface area (Å²) >= 11 is 1.55. The van der Waals surface area contributed by atoms with Gasteiger partial charge in [0.15, 0.2) is 0 Å². The maximum atomic E-state index is 12.2. The zero-order chi connectivity index (χ0) is 19.2. The summed E-state index contributed by atoms with van der Waals surface area (Å²) in [5.74, 6) is -1.17. The number of nitrogens with one attached hydrogen (secondary N) is 2. The van der Waals surface area contributed by atoms with Crippen molar-refractivity contribution < 1.29 is 9.59 Å². The molecule has 2 N–H and O–H groups in total. The van der Waals surface area contributed by atoms with Crippen molar-refractivity contribution in [1.82, 2.24) is 25.0 Å². The minimum Gasteiger partial charge on any atom is -0.353 e. The van der Waals surface area contributed by atoms with E-state index in [1.807, 2.05) is 36.8 Å². The van der Waals surface area contributed by atoms with Gasteiger partial charge in [-0.3, -0.25) is 14.5 Å². The Morgan fingerprint density at radius 3 is 2.44 bits per heavy atom. The molecule has 0 saturated carbocycles. The maximum Gasteiger partial charge on any atom is 0.309 e. The van der Waals surface area contributed by atoms with Crippen LogP contribution in [0.4, 0.5) is 0 Å². The zero-order valence-corrected chi connectivity index (χ0v) is 16.7. The number of rotatable bonds is 6. The smallest absolute Gasteiger partial charge is 0.309 e. The van der Waals surface area contributed by atoms with Crippen LogP contribution in [0.5, 0.6) is 0 Å². The number of nitrogens with zero attached hydrogens (tertiary/aromatic N) is 3. The summed E-state index contributed by atoms with van der Waals surface area (Å²) in [4.78, 5) is 30.0. The van der Waals surface area contributed by atoms with Crippen LogP contribution in [0.2, 0.25) is 0 Å². The average Bonchev–Trinajstić information content (AvgIpc) is 3.33. The molecule has 8 heteroatoms. The molecular formula is C19H27N5O2S. The lowest BCUT2D eigenvalue weighted by molar-refractivity contribution is -0.139. The number of hydrogen-bond acceptors (Lipinski definition) is 5. The summed E-state index contributed by atoms with van der Waals surface area (Å²) < 4.78 is 2.08. The van der Waals surface area contributed by atoms with Gasteiger partial charge in [0.1, 0.15) is 0 Å². The molecule has 2 aromatic rings. The third-order valence-electron chi connectivity index (χ3n) is 4.97. The van der Waals surface area contributed by atoms with Gasteiger partial charge in [-0.2, -0.15) is 0 Å². The molecule has 0 aliphatic carbocycles. The van der Waals surface area contributed by atoms with Crippen molar-refractivity contribution in [1.29, 1.82) is 0 Å². The number of likely N-dealkylation sites (N-methyl/N-ethyl adjacent to an activating group) is 1. The molecule has 1 atom stereocenters. The lowest BCUT2D eigenvalue weighted by atomic mass is 10.1. The van der Waals surface area contributed by atoms with Gasteiger partial charge in [-0.15, -0.1) is 11.3 Å².